The van der Waals surface area contributed by atoms with Crippen LogP contribution in [0.15, 0.2) is 77.4 Å². The van der Waals surface area contributed by atoms with Crippen LogP contribution in [0.1, 0.15) is 17.4 Å². The van der Waals surface area contributed by atoms with Gasteiger partial charge in [0.1, 0.15) is 45.9 Å². The lowest BCUT2D eigenvalue weighted by atomic mass is 10.1. The summed E-state index contributed by atoms with van der Waals surface area (Å²) in [6.45, 7) is 0.679. The van der Waals surface area contributed by atoms with Gasteiger partial charge in [-0.1, -0.05) is 12.1 Å². The van der Waals surface area contributed by atoms with Gasteiger partial charge in [0.15, 0.2) is 0 Å². The first-order chi connectivity index (χ1) is 19.6. The molecule has 1 atom stereocenters. The standard InChI is InChI=1S/C28H25BrFN5O5S/c1-41(37,38)8-7-31-13-20-11-25(36)27(40-20)23-12-21-24(14-32-23)33-16-34-28(21)35-19-5-6-26(22(29)10-19)39-15-17-3-2-4-18(30)9-17/h2-6,9-12,14,16,27,31H,7-8,13,15H2,1H3,(H,33,34,35). The van der Waals surface area contributed by atoms with Gasteiger partial charge in [-0.2, -0.15) is 0 Å². The lowest BCUT2D eigenvalue weighted by Crippen LogP contribution is -2.24. The molecule has 0 fully saturated rings. The third-order valence-electron chi connectivity index (χ3n) is 6.07. The predicted octanol–water partition coefficient (Wildman–Crippen LogP) is 4.41. The van der Waals surface area contributed by atoms with E-state index in [0.717, 1.165) is 6.26 Å². The van der Waals surface area contributed by atoms with Gasteiger partial charge in [0.05, 0.1) is 34.2 Å². The summed E-state index contributed by atoms with van der Waals surface area (Å²) in [7, 11) is -3.09. The highest BCUT2D eigenvalue weighted by Gasteiger charge is 2.30. The van der Waals surface area contributed by atoms with Crippen LogP contribution in [0, 0.1) is 5.82 Å². The monoisotopic (exact) mass is 641 g/mol. The molecule has 0 saturated heterocycles. The molecular weight excluding hydrogens is 617 g/mol. The van der Waals surface area contributed by atoms with E-state index in [1.54, 1.807) is 30.5 Å². The number of halogens is 2. The topological polar surface area (TPSA) is 132 Å². The van der Waals surface area contributed by atoms with Crippen LogP contribution in [-0.2, 0) is 26.0 Å². The van der Waals surface area contributed by atoms with Gasteiger partial charge in [-0.15, -0.1) is 0 Å². The van der Waals surface area contributed by atoms with Crippen molar-refractivity contribution in [1.82, 2.24) is 20.3 Å². The van der Waals surface area contributed by atoms with Gasteiger partial charge >= 0.3 is 0 Å². The number of rotatable bonds is 11. The molecule has 0 bridgehead atoms. The van der Waals surface area contributed by atoms with Gasteiger partial charge < -0.3 is 20.1 Å². The van der Waals surface area contributed by atoms with Crippen LogP contribution in [-0.4, -0.2) is 54.3 Å². The molecule has 0 amide bonds. The molecule has 0 radical (unpaired) electrons. The number of hydrogen-bond donors (Lipinski definition) is 2. The number of nitrogens with zero attached hydrogens (tertiary/aromatic N) is 3. The Morgan fingerprint density at radius 1 is 1.12 bits per heavy atom. The summed E-state index contributed by atoms with van der Waals surface area (Å²) in [6, 6.07) is 13.4. The molecule has 1 aliphatic rings. The van der Waals surface area contributed by atoms with Crippen LogP contribution in [0.5, 0.6) is 5.75 Å². The molecule has 5 rings (SSSR count). The Kier molecular flexibility index (Phi) is 8.57. The summed E-state index contributed by atoms with van der Waals surface area (Å²) < 4.78 is 48.4. The van der Waals surface area contributed by atoms with Crippen molar-refractivity contribution in [2.75, 3.05) is 30.4 Å². The minimum Gasteiger partial charge on any atom is -0.488 e. The minimum atomic E-state index is -3.09. The smallest absolute Gasteiger partial charge is 0.205 e. The van der Waals surface area contributed by atoms with E-state index in [4.69, 9.17) is 9.47 Å². The number of aromatic nitrogens is 3. The minimum absolute atomic E-state index is 0.0130. The maximum absolute atomic E-state index is 13.4. The maximum Gasteiger partial charge on any atom is 0.205 e. The first kappa shape index (κ1) is 28.6. The van der Waals surface area contributed by atoms with Crippen molar-refractivity contribution >= 4 is 54.0 Å². The quantitative estimate of drug-likeness (QED) is 0.227. The molecule has 0 saturated carbocycles. The largest absolute Gasteiger partial charge is 0.488 e. The van der Waals surface area contributed by atoms with Gasteiger partial charge in [0.25, 0.3) is 0 Å². The van der Waals surface area contributed by atoms with Crippen LogP contribution >= 0.6 is 15.9 Å². The molecule has 3 heterocycles. The Labute approximate surface area is 244 Å². The summed E-state index contributed by atoms with van der Waals surface area (Å²) in [5, 5.41) is 6.87. The normalized spacial score (nSPS) is 15.0. The number of hydrogen-bond acceptors (Lipinski definition) is 10. The van der Waals surface area contributed by atoms with Crippen molar-refractivity contribution in [3.8, 4) is 5.75 Å². The van der Waals surface area contributed by atoms with E-state index >= 15 is 0 Å². The van der Waals surface area contributed by atoms with E-state index in [0.29, 0.717) is 49.6 Å². The van der Waals surface area contributed by atoms with E-state index in [1.165, 1.54) is 24.5 Å². The van der Waals surface area contributed by atoms with Crippen molar-refractivity contribution in [1.29, 1.82) is 0 Å². The first-order valence-corrected chi connectivity index (χ1v) is 15.3. The molecule has 2 aromatic heterocycles. The van der Waals surface area contributed by atoms with Crippen molar-refractivity contribution < 1.29 is 27.1 Å². The zero-order valence-electron chi connectivity index (χ0n) is 21.8. The number of pyridine rings is 1. The maximum atomic E-state index is 13.4. The fourth-order valence-electron chi connectivity index (χ4n) is 4.08. The molecule has 4 aromatic rings. The Morgan fingerprint density at radius 2 is 1.98 bits per heavy atom. The Bertz CT molecular complexity index is 1750. The van der Waals surface area contributed by atoms with Crippen LogP contribution in [0.25, 0.3) is 10.9 Å². The number of carbonyl (C=O) groups excluding carboxylic acids is 1. The SMILES string of the molecule is CS(=O)(=O)CCNCC1=CC(=O)C(c2cc3c(Nc4ccc(OCc5cccc(F)c5)c(Br)c4)ncnc3cn2)O1. The summed E-state index contributed by atoms with van der Waals surface area (Å²) >= 11 is 3.52. The highest BCUT2D eigenvalue weighted by molar-refractivity contribution is 9.10. The van der Waals surface area contributed by atoms with Gasteiger partial charge in [0.2, 0.25) is 11.9 Å². The summed E-state index contributed by atoms with van der Waals surface area (Å²) in [4.78, 5) is 25.7. The summed E-state index contributed by atoms with van der Waals surface area (Å²) in [6.07, 6.45) is 4.59. The van der Waals surface area contributed by atoms with Crippen LogP contribution in [0.3, 0.4) is 0 Å². The summed E-state index contributed by atoms with van der Waals surface area (Å²) in [5.41, 5.74) is 2.39. The number of ether oxygens (including phenoxy) is 2. The zero-order valence-corrected chi connectivity index (χ0v) is 24.2. The Hall–Kier alpha value is -3.94. The highest BCUT2D eigenvalue weighted by atomic mass is 79.9. The second-order valence-electron chi connectivity index (χ2n) is 9.35. The fourth-order valence-corrected chi connectivity index (χ4v) is 5.09. The van der Waals surface area contributed by atoms with E-state index < -0.39 is 15.9 Å². The second kappa shape index (κ2) is 12.3. The van der Waals surface area contributed by atoms with Crippen molar-refractivity contribution in [2.24, 2.45) is 0 Å². The number of carbonyl (C=O) groups is 1. The number of ketones is 1. The van der Waals surface area contributed by atoms with E-state index in [2.05, 4.69) is 41.5 Å². The lowest BCUT2D eigenvalue weighted by Gasteiger charge is -2.14. The lowest BCUT2D eigenvalue weighted by molar-refractivity contribution is -0.121. The van der Waals surface area contributed by atoms with Gasteiger partial charge in [-0.3, -0.25) is 9.78 Å². The zero-order chi connectivity index (χ0) is 29.0. The molecule has 2 N–H and O–H groups in total. The van der Waals surface area contributed by atoms with Crippen LogP contribution in [0.2, 0.25) is 0 Å². The molecule has 212 valence electrons. The van der Waals surface area contributed by atoms with E-state index in [-0.39, 0.29) is 37.0 Å². The number of benzene rings is 2. The number of nitrogens with one attached hydrogen (secondary N) is 2. The number of fused-ring (bicyclic) bond motifs is 1. The van der Waals surface area contributed by atoms with Crippen molar-refractivity contribution in [2.45, 2.75) is 12.7 Å². The molecule has 2 aromatic carbocycles. The molecule has 41 heavy (non-hydrogen) atoms. The average molecular weight is 643 g/mol. The van der Waals surface area contributed by atoms with E-state index in [9.17, 15) is 17.6 Å². The molecular formula is C28H25BrFN5O5S. The molecule has 1 unspecified atom stereocenters. The van der Waals surface area contributed by atoms with Crippen molar-refractivity contribution in [3.05, 3.63) is 94.4 Å². The number of anilines is 2. The molecule has 10 nitrogen and oxygen atoms in total. The predicted molar refractivity (Wildman–Crippen MR) is 155 cm³/mol. The van der Waals surface area contributed by atoms with Crippen LogP contribution in [0.4, 0.5) is 15.9 Å². The van der Waals surface area contributed by atoms with Gasteiger partial charge in [0, 0.05) is 30.0 Å². The third kappa shape index (κ3) is 7.43. The Morgan fingerprint density at radius 3 is 2.76 bits per heavy atom. The molecule has 13 heteroatoms. The number of sulfone groups is 1. The second-order valence-corrected chi connectivity index (χ2v) is 12.5. The third-order valence-corrected chi connectivity index (χ3v) is 7.63. The fraction of sp³-hybridized carbons (Fsp3) is 0.214. The molecule has 0 spiro atoms. The average Bonchev–Trinajstić information content (AvgIpc) is 3.30. The Balaban J connectivity index is 1.27. The summed E-state index contributed by atoms with van der Waals surface area (Å²) in [5.74, 6) is 0.897. The molecule has 0 aliphatic carbocycles. The van der Waals surface area contributed by atoms with Gasteiger partial charge in [-0.25, -0.2) is 22.8 Å². The highest BCUT2D eigenvalue weighted by Crippen LogP contribution is 2.33. The first-order valence-electron chi connectivity index (χ1n) is 12.5. The van der Waals surface area contributed by atoms with Crippen molar-refractivity contribution in [3.63, 3.8) is 0 Å². The van der Waals surface area contributed by atoms with Gasteiger partial charge in [-0.05, 0) is 57.9 Å². The van der Waals surface area contributed by atoms with E-state index in [1.807, 2.05) is 12.1 Å². The van der Waals surface area contributed by atoms with Crippen LogP contribution < -0.4 is 15.4 Å². The molecule has 1 aliphatic heterocycles.